The molecule has 0 amide bonds. The van der Waals surface area contributed by atoms with Gasteiger partial charge >= 0.3 is 0 Å². The van der Waals surface area contributed by atoms with Crippen LogP contribution in [-0.2, 0) is 4.74 Å². The van der Waals surface area contributed by atoms with Crippen molar-refractivity contribution in [3.8, 4) is 0 Å². The second-order valence-corrected chi connectivity index (χ2v) is 4.36. The normalized spacial score (nSPS) is 17.9. The molecular formula is C14H26O2. The molecule has 94 valence electrons. The van der Waals surface area contributed by atoms with E-state index in [2.05, 4.69) is 24.8 Å². The molecule has 0 bridgehead atoms. The molecule has 0 aromatic carbocycles. The number of rotatable bonds is 5. The van der Waals surface area contributed by atoms with Gasteiger partial charge in [0.1, 0.15) is 0 Å². The van der Waals surface area contributed by atoms with Crippen molar-refractivity contribution in [3.63, 3.8) is 0 Å². The highest BCUT2D eigenvalue weighted by atomic mass is 16.5. The van der Waals surface area contributed by atoms with E-state index in [1.54, 1.807) is 0 Å². The third kappa shape index (κ3) is 7.52. The van der Waals surface area contributed by atoms with Gasteiger partial charge in [0.25, 0.3) is 0 Å². The third-order valence-electron chi connectivity index (χ3n) is 2.97. The molecule has 0 aliphatic heterocycles. The molecule has 0 aromatic rings. The van der Waals surface area contributed by atoms with E-state index in [4.69, 9.17) is 0 Å². The molecule has 2 heteroatoms. The number of aliphatic hydroxyl groups is 1. The molecule has 1 fully saturated rings. The first-order chi connectivity index (χ1) is 7.68. The lowest BCUT2D eigenvalue weighted by atomic mass is 9.81. The summed E-state index contributed by atoms with van der Waals surface area (Å²) in [5, 5.41) is 10.0. The molecule has 0 aromatic heterocycles. The van der Waals surface area contributed by atoms with Crippen molar-refractivity contribution >= 4 is 0 Å². The number of hydrogen-bond donors (Lipinski definition) is 1. The molecular weight excluding hydrogens is 200 g/mol. The minimum atomic E-state index is -0.270. The topological polar surface area (TPSA) is 29.5 Å². The lowest BCUT2D eigenvalue weighted by Gasteiger charge is -2.31. The van der Waals surface area contributed by atoms with Crippen molar-refractivity contribution in [2.24, 2.45) is 0 Å². The lowest BCUT2D eigenvalue weighted by molar-refractivity contribution is -0.00549. The Hall–Kier alpha value is -0.760. The van der Waals surface area contributed by atoms with Crippen LogP contribution in [0.1, 0.15) is 58.3 Å². The Morgan fingerprint density at radius 2 is 1.75 bits per heavy atom. The van der Waals surface area contributed by atoms with Crippen LogP contribution in [0.3, 0.4) is 0 Å². The zero-order chi connectivity index (χ0) is 12.3. The van der Waals surface area contributed by atoms with Crippen molar-refractivity contribution in [1.29, 1.82) is 0 Å². The fraction of sp³-hybridized carbons (Fsp3) is 0.714. The molecule has 0 unspecified atom stereocenters. The van der Waals surface area contributed by atoms with Crippen molar-refractivity contribution in [3.05, 3.63) is 25.7 Å². The fourth-order valence-corrected chi connectivity index (χ4v) is 2.03. The lowest BCUT2D eigenvalue weighted by Crippen LogP contribution is -2.30. The molecule has 0 saturated heterocycles. The number of ether oxygens (including phenoxy) is 1. The first-order valence-electron chi connectivity index (χ1n) is 6.28. The number of unbranched alkanes of at least 4 members (excludes halogenated alkanes) is 1. The third-order valence-corrected chi connectivity index (χ3v) is 2.97. The van der Waals surface area contributed by atoms with E-state index in [1.807, 2.05) is 0 Å². The molecule has 16 heavy (non-hydrogen) atoms. The molecule has 0 atom stereocenters. The first kappa shape index (κ1) is 15.2. The predicted octanol–water partition coefficient (Wildman–Crippen LogP) is 4.16. The first-order valence-corrected chi connectivity index (χ1v) is 6.28. The molecule has 1 aliphatic rings. The van der Waals surface area contributed by atoms with Gasteiger partial charge in [0.05, 0.1) is 18.1 Å². The van der Waals surface area contributed by atoms with Crippen molar-refractivity contribution in [2.75, 3.05) is 0 Å². The van der Waals surface area contributed by atoms with E-state index >= 15 is 0 Å². The standard InChI is InChI=1S/C10H20O.C4H6O/c1-2-3-7-10(11)8-5-4-6-9-10;1-3-5-4-2/h11H,2-9H2,1H3;3-4H,1-2H2. The van der Waals surface area contributed by atoms with Crippen molar-refractivity contribution < 1.29 is 9.84 Å². The van der Waals surface area contributed by atoms with Gasteiger partial charge in [-0.1, -0.05) is 52.2 Å². The maximum absolute atomic E-state index is 10.0. The van der Waals surface area contributed by atoms with Crippen LogP contribution in [0.4, 0.5) is 0 Å². The highest BCUT2D eigenvalue weighted by molar-refractivity contribution is 4.81. The summed E-state index contributed by atoms with van der Waals surface area (Å²) in [5.74, 6) is 0. The maximum atomic E-state index is 10.0. The minimum absolute atomic E-state index is 0.270. The Bertz CT molecular complexity index is 175. The Morgan fingerprint density at radius 3 is 2.12 bits per heavy atom. The van der Waals surface area contributed by atoms with E-state index in [9.17, 15) is 5.11 Å². The zero-order valence-electron chi connectivity index (χ0n) is 10.6. The fourth-order valence-electron chi connectivity index (χ4n) is 2.03. The van der Waals surface area contributed by atoms with Crippen LogP contribution in [-0.4, -0.2) is 10.7 Å². The minimum Gasteiger partial charge on any atom is -0.474 e. The Balaban J connectivity index is 0.000000385. The van der Waals surface area contributed by atoms with Gasteiger partial charge in [-0.05, 0) is 19.3 Å². The summed E-state index contributed by atoms with van der Waals surface area (Å²) in [6.07, 6.45) is 12.0. The van der Waals surface area contributed by atoms with Crippen LogP contribution < -0.4 is 0 Å². The van der Waals surface area contributed by atoms with Crippen LogP contribution in [0.25, 0.3) is 0 Å². The molecule has 2 nitrogen and oxygen atoms in total. The quantitative estimate of drug-likeness (QED) is 0.713. The molecule has 0 radical (unpaired) electrons. The summed E-state index contributed by atoms with van der Waals surface area (Å²) in [6, 6.07) is 0. The van der Waals surface area contributed by atoms with Crippen LogP contribution in [0.15, 0.2) is 25.7 Å². The summed E-state index contributed by atoms with van der Waals surface area (Å²) in [5.41, 5.74) is -0.270. The molecule has 1 rings (SSSR count). The smallest absolute Gasteiger partial charge is 0.0829 e. The summed E-state index contributed by atoms with van der Waals surface area (Å²) >= 11 is 0. The van der Waals surface area contributed by atoms with E-state index in [1.165, 1.54) is 44.6 Å². The molecule has 1 saturated carbocycles. The van der Waals surface area contributed by atoms with Gasteiger partial charge in [0.15, 0.2) is 0 Å². The molecule has 0 spiro atoms. The average molecular weight is 226 g/mol. The van der Waals surface area contributed by atoms with Gasteiger partial charge in [-0.3, -0.25) is 0 Å². The van der Waals surface area contributed by atoms with Crippen LogP contribution in [0.2, 0.25) is 0 Å². The highest BCUT2D eigenvalue weighted by Crippen LogP contribution is 2.31. The van der Waals surface area contributed by atoms with Crippen molar-refractivity contribution in [1.82, 2.24) is 0 Å². The summed E-state index contributed by atoms with van der Waals surface area (Å²) in [4.78, 5) is 0. The van der Waals surface area contributed by atoms with Crippen LogP contribution in [0.5, 0.6) is 0 Å². The van der Waals surface area contributed by atoms with E-state index in [0.717, 1.165) is 19.3 Å². The monoisotopic (exact) mass is 226 g/mol. The maximum Gasteiger partial charge on any atom is 0.0829 e. The summed E-state index contributed by atoms with van der Waals surface area (Å²) < 4.78 is 4.36. The van der Waals surface area contributed by atoms with E-state index < -0.39 is 0 Å². The van der Waals surface area contributed by atoms with E-state index in [-0.39, 0.29) is 5.60 Å². The predicted molar refractivity (Wildman–Crippen MR) is 69.0 cm³/mol. The van der Waals surface area contributed by atoms with Crippen molar-refractivity contribution in [2.45, 2.75) is 63.9 Å². The Labute approximate surface area is 100 Å². The van der Waals surface area contributed by atoms with Crippen LogP contribution in [0, 0.1) is 0 Å². The van der Waals surface area contributed by atoms with Gasteiger partial charge in [-0.15, -0.1) is 0 Å². The van der Waals surface area contributed by atoms with Gasteiger partial charge in [0.2, 0.25) is 0 Å². The van der Waals surface area contributed by atoms with Gasteiger partial charge < -0.3 is 9.84 Å². The Kier molecular flexibility index (Phi) is 9.02. The Morgan fingerprint density at radius 1 is 1.19 bits per heavy atom. The molecule has 1 aliphatic carbocycles. The van der Waals surface area contributed by atoms with E-state index in [0.29, 0.717) is 0 Å². The number of hydrogen-bond acceptors (Lipinski definition) is 2. The van der Waals surface area contributed by atoms with Gasteiger partial charge in [0, 0.05) is 0 Å². The van der Waals surface area contributed by atoms with Crippen LogP contribution >= 0.6 is 0 Å². The zero-order valence-corrected chi connectivity index (χ0v) is 10.6. The average Bonchev–Trinajstić information content (AvgIpc) is 2.29. The van der Waals surface area contributed by atoms with Gasteiger partial charge in [-0.25, -0.2) is 0 Å². The molecule has 1 N–H and O–H groups in total. The highest BCUT2D eigenvalue weighted by Gasteiger charge is 2.27. The van der Waals surface area contributed by atoms with Gasteiger partial charge in [-0.2, -0.15) is 0 Å². The molecule has 0 heterocycles. The summed E-state index contributed by atoms with van der Waals surface area (Å²) in [7, 11) is 0. The second kappa shape index (κ2) is 9.46. The SMILES string of the molecule is C=COC=C.CCCCC1(O)CCCCC1. The second-order valence-electron chi connectivity index (χ2n) is 4.36. The largest absolute Gasteiger partial charge is 0.474 e. The summed E-state index contributed by atoms with van der Waals surface area (Å²) in [6.45, 7) is 8.70.